The highest BCUT2D eigenvalue weighted by molar-refractivity contribution is 14.1. The summed E-state index contributed by atoms with van der Waals surface area (Å²) in [4.78, 5) is 12.2. The van der Waals surface area contributed by atoms with Gasteiger partial charge in [-0.15, -0.1) is 0 Å². The van der Waals surface area contributed by atoms with Crippen molar-refractivity contribution in [3.8, 4) is 0 Å². The van der Waals surface area contributed by atoms with E-state index in [1.807, 2.05) is 43.3 Å². The van der Waals surface area contributed by atoms with Crippen molar-refractivity contribution >= 4 is 40.0 Å². The SMILES string of the molecule is Cc1c(Cl)cccc1C(=O)Cc1ccc(I)cc1. The van der Waals surface area contributed by atoms with Gasteiger partial charge in [-0.1, -0.05) is 35.9 Å². The molecule has 0 heterocycles. The van der Waals surface area contributed by atoms with Crippen molar-refractivity contribution in [2.75, 3.05) is 0 Å². The van der Waals surface area contributed by atoms with Crippen LogP contribution in [0, 0.1) is 10.5 Å². The molecular formula is C15H12ClIO. The van der Waals surface area contributed by atoms with Gasteiger partial charge < -0.3 is 0 Å². The second-order valence-electron chi connectivity index (χ2n) is 4.14. The largest absolute Gasteiger partial charge is 0.294 e. The molecule has 0 atom stereocenters. The zero-order valence-corrected chi connectivity index (χ0v) is 12.8. The highest BCUT2D eigenvalue weighted by atomic mass is 127. The molecule has 1 nitrogen and oxygen atoms in total. The Morgan fingerprint density at radius 2 is 1.83 bits per heavy atom. The van der Waals surface area contributed by atoms with E-state index >= 15 is 0 Å². The molecule has 0 aliphatic heterocycles. The van der Waals surface area contributed by atoms with Crippen LogP contribution in [0.5, 0.6) is 0 Å². The first kappa shape index (κ1) is 13.6. The molecule has 0 N–H and O–H groups in total. The molecular weight excluding hydrogens is 359 g/mol. The number of ketones is 1. The molecule has 0 bridgehead atoms. The quantitative estimate of drug-likeness (QED) is 0.566. The molecule has 0 spiro atoms. The summed E-state index contributed by atoms with van der Waals surface area (Å²) in [5.41, 5.74) is 2.59. The van der Waals surface area contributed by atoms with Crippen molar-refractivity contribution in [1.29, 1.82) is 0 Å². The Labute approximate surface area is 125 Å². The summed E-state index contributed by atoms with van der Waals surface area (Å²) in [7, 11) is 0. The van der Waals surface area contributed by atoms with Crippen LogP contribution in [-0.2, 0) is 6.42 Å². The van der Waals surface area contributed by atoms with Crippen LogP contribution in [-0.4, -0.2) is 5.78 Å². The van der Waals surface area contributed by atoms with Crippen LogP contribution in [0.2, 0.25) is 5.02 Å². The van der Waals surface area contributed by atoms with E-state index in [-0.39, 0.29) is 5.78 Å². The molecule has 2 aromatic carbocycles. The van der Waals surface area contributed by atoms with Gasteiger partial charge in [-0.2, -0.15) is 0 Å². The first-order valence-corrected chi connectivity index (χ1v) is 7.06. The van der Waals surface area contributed by atoms with Gasteiger partial charge in [0, 0.05) is 20.6 Å². The van der Waals surface area contributed by atoms with E-state index in [0.29, 0.717) is 17.0 Å². The van der Waals surface area contributed by atoms with Gasteiger partial charge in [0.15, 0.2) is 5.78 Å². The Hall–Kier alpha value is -0.870. The summed E-state index contributed by atoms with van der Waals surface area (Å²) < 4.78 is 1.17. The smallest absolute Gasteiger partial charge is 0.167 e. The second-order valence-corrected chi connectivity index (χ2v) is 5.79. The molecule has 2 aromatic rings. The van der Waals surface area contributed by atoms with Gasteiger partial charge in [0.05, 0.1) is 0 Å². The standard InChI is InChI=1S/C15H12ClIO/c1-10-13(3-2-4-14(10)16)15(18)9-11-5-7-12(17)8-6-11/h2-8H,9H2,1H3. The fourth-order valence-corrected chi connectivity index (χ4v) is 2.33. The highest BCUT2D eigenvalue weighted by Gasteiger charge is 2.11. The van der Waals surface area contributed by atoms with E-state index in [4.69, 9.17) is 11.6 Å². The average molecular weight is 371 g/mol. The Kier molecular flexibility index (Phi) is 4.40. The summed E-state index contributed by atoms with van der Waals surface area (Å²) in [5, 5.41) is 0.642. The molecule has 0 saturated carbocycles. The topological polar surface area (TPSA) is 17.1 Å². The fraction of sp³-hybridized carbons (Fsp3) is 0.133. The number of Topliss-reactive ketones (excluding diaryl/α,β-unsaturated/α-hetero) is 1. The number of hydrogen-bond acceptors (Lipinski definition) is 1. The number of benzene rings is 2. The van der Waals surface area contributed by atoms with Gasteiger partial charge in [-0.3, -0.25) is 4.79 Å². The van der Waals surface area contributed by atoms with Crippen LogP contribution in [0.1, 0.15) is 21.5 Å². The number of halogens is 2. The molecule has 0 fully saturated rings. The molecule has 92 valence electrons. The third-order valence-corrected chi connectivity index (χ3v) is 3.97. The van der Waals surface area contributed by atoms with Crippen molar-refractivity contribution in [3.63, 3.8) is 0 Å². The molecule has 0 saturated heterocycles. The van der Waals surface area contributed by atoms with Gasteiger partial charge >= 0.3 is 0 Å². The molecule has 0 aliphatic rings. The van der Waals surface area contributed by atoms with Crippen LogP contribution >= 0.6 is 34.2 Å². The van der Waals surface area contributed by atoms with Gasteiger partial charge in [0.25, 0.3) is 0 Å². The Bertz CT molecular complexity index is 576. The third-order valence-electron chi connectivity index (χ3n) is 2.85. The normalized spacial score (nSPS) is 10.4. The first-order chi connectivity index (χ1) is 8.58. The third kappa shape index (κ3) is 3.12. The number of carbonyl (C=O) groups excluding carboxylic acids is 1. The maximum absolute atomic E-state index is 12.2. The highest BCUT2D eigenvalue weighted by Crippen LogP contribution is 2.20. The Balaban J connectivity index is 2.22. The summed E-state index contributed by atoms with van der Waals surface area (Å²) in [6.07, 6.45) is 0.415. The van der Waals surface area contributed by atoms with Crippen molar-refractivity contribution in [3.05, 3.63) is 67.7 Å². The van der Waals surface area contributed by atoms with Crippen molar-refractivity contribution in [2.45, 2.75) is 13.3 Å². The minimum atomic E-state index is 0.108. The van der Waals surface area contributed by atoms with Crippen LogP contribution < -0.4 is 0 Å². The van der Waals surface area contributed by atoms with E-state index in [1.165, 1.54) is 3.57 Å². The Morgan fingerprint density at radius 3 is 2.50 bits per heavy atom. The van der Waals surface area contributed by atoms with Gasteiger partial charge in [0.2, 0.25) is 0 Å². The van der Waals surface area contributed by atoms with E-state index < -0.39 is 0 Å². The number of rotatable bonds is 3. The Morgan fingerprint density at radius 1 is 1.17 bits per heavy atom. The lowest BCUT2D eigenvalue weighted by Crippen LogP contribution is -2.05. The summed E-state index contributed by atoms with van der Waals surface area (Å²) in [6, 6.07) is 13.4. The lowest BCUT2D eigenvalue weighted by molar-refractivity contribution is 0.0992. The molecule has 18 heavy (non-hydrogen) atoms. The lowest BCUT2D eigenvalue weighted by atomic mass is 9.99. The zero-order valence-electron chi connectivity index (χ0n) is 9.91. The predicted octanol–water partition coefficient (Wildman–Crippen LogP) is 4.68. The van der Waals surface area contributed by atoms with Crippen molar-refractivity contribution in [1.82, 2.24) is 0 Å². The van der Waals surface area contributed by atoms with Crippen LogP contribution in [0.4, 0.5) is 0 Å². The molecule has 0 amide bonds. The zero-order chi connectivity index (χ0) is 13.1. The molecule has 0 radical (unpaired) electrons. The first-order valence-electron chi connectivity index (χ1n) is 5.60. The molecule has 0 aromatic heterocycles. The van der Waals surface area contributed by atoms with E-state index in [1.54, 1.807) is 6.07 Å². The van der Waals surface area contributed by atoms with E-state index in [0.717, 1.165) is 11.1 Å². The molecule has 2 rings (SSSR count). The van der Waals surface area contributed by atoms with Crippen LogP contribution in [0.25, 0.3) is 0 Å². The maximum atomic E-state index is 12.2. The average Bonchev–Trinajstić information content (AvgIpc) is 2.35. The van der Waals surface area contributed by atoms with Crippen LogP contribution in [0.3, 0.4) is 0 Å². The van der Waals surface area contributed by atoms with Crippen molar-refractivity contribution < 1.29 is 4.79 Å². The van der Waals surface area contributed by atoms with Gasteiger partial charge in [-0.05, 0) is 58.8 Å². The predicted molar refractivity (Wildman–Crippen MR) is 83.4 cm³/mol. The van der Waals surface area contributed by atoms with Gasteiger partial charge in [-0.25, -0.2) is 0 Å². The minimum absolute atomic E-state index is 0.108. The number of carbonyl (C=O) groups is 1. The monoisotopic (exact) mass is 370 g/mol. The molecule has 3 heteroatoms. The number of hydrogen-bond donors (Lipinski definition) is 0. The van der Waals surface area contributed by atoms with Gasteiger partial charge in [0.1, 0.15) is 0 Å². The minimum Gasteiger partial charge on any atom is -0.294 e. The maximum Gasteiger partial charge on any atom is 0.167 e. The summed E-state index contributed by atoms with van der Waals surface area (Å²) in [5.74, 6) is 0.108. The second kappa shape index (κ2) is 5.85. The van der Waals surface area contributed by atoms with Crippen LogP contribution in [0.15, 0.2) is 42.5 Å². The lowest BCUT2D eigenvalue weighted by Gasteiger charge is -2.06. The molecule has 0 aliphatic carbocycles. The summed E-state index contributed by atoms with van der Waals surface area (Å²) in [6.45, 7) is 1.88. The van der Waals surface area contributed by atoms with E-state index in [2.05, 4.69) is 22.6 Å². The fourth-order valence-electron chi connectivity index (χ4n) is 1.79. The summed E-state index contributed by atoms with van der Waals surface area (Å²) >= 11 is 8.28. The molecule has 0 unspecified atom stereocenters. The van der Waals surface area contributed by atoms with E-state index in [9.17, 15) is 4.79 Å². The van der Waals surface area contributed by atoms with Crippen molar-refractivity contribution in [2.24, 2.45) is 0 Å².